The number of β-amino-alcohol motifs (C(OH)–C–C–N with tert-alkyl or cyclic N) is 1. The summed E-state index contributed by atoms with van der Waals surface area (Å²) in [5.41, 5.74) is 1.63. The first-order valence-corrected chi connectivity index (χ1v) is 6.66. The number of aryl methyl sites for hydroxylation is 2. The molecule has 1 aromatic rings. The summed E-state index contributed by atoms with van der Waals surface area (Å²) in [5, 5.41) is 10.3. The molecule has 0 radical (unpaired) electrons. The fraction of sp³-hybridized carbons (Fsp3) is 0.714. The van der Waals surface area contributed by atoms with E-state index >= 15 is 0 Å². The van der Waals surface area contributed by atoms with E-state index in [0.29, 0.717) is 6.54 Å². The fourth-order valence-corrected chi connectivity index (χ4v) is 2.69. The molecule has 4 heteroatoms. The first-order chi connectivity index (χ1) is 8.35. The molecule has 0 bridgehead atoms. The van der Waals surface area contributed by atoms with Crippen molar-refractivity contribution >= 4 is 5.82 Å². The lowest BCUT2D eigenvalue weighted by Crippen LogP contribution is -2.33. The molecule has 0 unspecified atom stereocenters. The van der Waals surface area contributed by atoms with Crippen LogP contribution in [0.2, 0.25) is 0 Å². The Morgan fingerprint density at radius 1 is 1.39 bits per heavy atom. The van der Waals surface area contributed by atoms with Crippen LogP contribution in [0, 0.1) is 19.8 Å². The highest BCUT2D eigenvalue weighted by Gasteiger charge is 2.39. The minimum Gasteiger partial charge on any atom is -0.388 e. The van der Waals surface area contributed by atoms with E-state index in [1.54, 1.807) is 0 Å². The van der Waals surface area contributed by atoms with Gasteiger partial charge >= 0.3 is 0 Å². The molecular formula is C14H23N3O. The normalized spacial score (nSPS) is 27.9. The number of rotatable bonds is 2. The fourth-order valence-electron chi connectivity index (χ4n) is 2.69. The van der Waals surface area contributed by atoms with Crippen LogP contribution in [0.25, 0.3) is 0 Å². The third kappa shape index (κ3) is 2.21. The summed E-state index contributed by atoms with van der Waals surface area (Å²) in [6, 6.07) is 0. The largest absolute Gasteiger partial charge is 0.388 e. The predicted octanol–water partition coefficient (Wildman–Crippen LogP) is 1.86. The van der Waals surface area contributed by atoms with Crippen LogP contribution >= 0.6 is 0 Å². The maximum Gasteiger partial charge on any atom is 0.135 e. The van der Waals surface area contributed by atoms with Crippen molar-refractivity contribution in [1.29, 1.82) is 0 Å². The first kappa shape index (κ1) is 13.3. The number of nitrogens with zero attached hydrogens (tertiary/aromatic N) is 3. The van der Waals surface area contributed by atoms with Crippen molar-refractivity contribution in [2.45, 2.75) is 46.6 Å². The standard InChI is InChI=1S/C14H23N3O/c1-6-12-10(3)15-11(4)16-13(12)17-7-9(2)14(5,18)8-17/h9,18H,6-8H2,1-5H3/t9-,14+/m1/s1. The van der Waals surface area contributed by atoms with Gasteiger partial charge in [0.05, 0.1) is 5.60 Å². The van der Waals surface area contributed by atoms with Crippen molar-refractivity contribution < 1.29 is 5.11 Å². The van der Waals surface area contributed by atoms with Crippen LogP contribution in [0.4, 0.5) is 5.82 Å². The number of anilines is 1. The molecule has 100 valence electrons. The highest BCUT2D eigenvalue weighted by atomic mass is 16.3. The summed E-state index contributed by atoms with van der Waals surface area (Å²) in [4.78, 5) is 11.2. The molecule has 2 rings (SSSR count). The van der Waals surface area contributed by atoms with E-state index in [1.165, 1.54) is 5.56 Å². The van der Waals surface area contributed by atoms with Gasteiger partial charge in [-0.25, -0.2) is 9.97 Å². The van der Waals surface area contributed by atoms with Crippen LogP contribution < -0.4 is 4.90 Å². The van der Waals surface area contributed by atoms with Gasteiger partial charge in [0.25, 0.3) is 0 Å². The van der Waals surface area contributed by atoms with Crippen molar-refractivity contribution in [2.24, 2.45) is 5.92 Å². The molecule has 1 aliphatic rings. The molecule has 2 heterocycles. The van der Waals surface area contributed by atoms with Gasteiger partial charge in [-0.2, -0.15) is 0 Å². The highest BCUT2D eigenvalue weighted by Crippen LogP contribution is 2.32. The van der Waals surface area contributed by atoms with Gasteiger partial charge in [-0.3, -0.25) is 0 Å². The molecule has 0 aliphatic carbocycles. The Morgan fingerprint density at radius 2 is 2.06 bits per heavy atom. The Morgan fingerprint density at radius 3 is 2.56 bits per heavy atom. The number of aromatic nitrogens is 2. The highest BCUT2D eigenvalue weighted by molar-refractivity contribution is 5.50. The van der Waals surface area contributed by atoms with Crippen molar-refractivity contribution in [3.63, 3.8) is 0 Å². The number of hydrogen-bond acceptors (Lipinski definition) is 4. The van der Waals surface area contributed by atoms with E-state index in [4.69, 9.17) is 0 Å². The lowest BCUT2D eigenvalue weighted by atomic mass is 9.95. The third-order valence-corrected chi connectivity index (χ3v) is 4.02. The molecular weight excluding hydrogens is 226 g/mol. The lowest BCUT2D eigenvalue weighted by molar-refractivity contribution is 0.0443. The van der Waals surface area contributed by atoms with E-state index in [9.17, 15) is 5.11 Å². The van der Waals surface area contributed by atoms with E-state index < -0.39 is 5.60 Å². The predicted molar refractivity (Wildman–Crippen MR) is 72.9 cm³/mol. The second-order valence-electron chi connectivity index (χ2n) is 5.65. The average Bonchev–Trinajstić information content (AvgIpc) is 2.52. The summed E-state index contributed by atoms with van der Waals surface area (Å²) < 4.78 is 0. The van der Waals surface area contributed by atoms with Gasteiger partial charge in [0.15, 0.2) is 0 Å². The third-order valence-electron chi connectivity index (χ3n) is 4.02. The minimum absolute atomic E-state index is 0.262. The Kier molecular flexibility index (Phi) is 3.32. The molecule has 1 N–H and O–H groups in total. The van der Waals surface area contributed by atoms with E-state index in [0.717, 1.165) is 30.3 Å². The SMILES string of the molecule is CCc1c(C)nc(C)nc1N1C[C@@H](C)[C@@](C)(O)C1. The molecule has 1 aliphatic heterocycles. The van der Waals surface area contributed by atoms with Crippen LogP contribution in [-0.2, 0) is 6.42 Å². The quantitative estimate of drug-likeness (QED) is 0.869. The maximum atomic E-state index is 10.3. The smallest absolute Gasteiger partial charge is 0.135 e. The average molecular weight is 249 g/mol. The molecule has 1 saturated heterocycles. The number of hydrogen-bond donors (Lipinski definition) is 1. The van der Waals surface area contributed by atoms with Crippen LogP contribution in [-0.4, -0.2) is 33.8 Å². The molecule has 0 saturated carbocycles. The minimum atomic E-state index is -0.627. The Hall–Kier alpha value is -1.16. The van der Waals surface area contributed by atoms with E-state index in [2.05, 4.69) is 28.7 Å². The molecule has 0 spiro atoms. The van der Waals surface area contributed by atoms with Gasteiger partial charge in [-0.05, 0) is 27.2 Å². The van der Waals surface area contributed by atoms with Crippen molar-refractivity contribution in [3.05, 3.63) is 17.1 Å². The van der Waals surface area contributed by atoms with Gasteiger partial charge in [0.2, 0.25) is 0 Å². The van der Waals surface area contributed by atoms with Crippen LogP contribution in [0.1, 0.15) is 37.9 Å². The summed E-state index contributed by atoms with van der Waals surface area (Å²) in [6.07, 6.45) is 0.925. The summed E-state index contributed by atoms with van der Waals surface area (Å²) in [7, 11) is 0. The zero-order valence-corrected chi connectivity index (χ0v) is 12.0. The maximum absolute atomic E-state index is 10.3. The molecule has 2 atom stereocenters. The topological polar surface area (TPSA) is 49.2 Å². The van der Waals surface area contributed by atoms with E-state index in [-0.39, 0.29) is 5.92 Å². The Bertz CT molecular complexity index is 457. The van der Waals surface area contributed by atoms with Crippen molar-refractivity contribution in [1.82, 2.24) is 9.97 Å². The molecule has 18 heavy (non-hydrogen) atoms. The first-order valence-electron chi connectivity index (χ1n) is 6.66. The van der Waals surface area contributed by atoms with Crippen molar-refractivity contribution in [2.75, 3.05) is 18.0 Å². The van der Waals surface area contributed by atoms with Gasteiger partial charge in [0, 0.05) is 30.3 Å². The molecule has 1 aromatic heterocycles. The van der Waals surface area contributed by atoms with Gasteiger partial charge in [-0.15, -0.1) is 0 Å². The van der Waals surface area contributed by atoms with Gasteiger partial charge < -0.3 is 10.0 Å². The zero-order chi connectivity index (χ0) is 13.5. The molecule has 1 fully saturated rings. The van der Waals surface area contributed by atoms with Crippen LogP contribution in [0.15, 0.2) is 0 Å². The summed E-state index contributed by atoms with van der Waals surface area (Å²) >= 11 is 0. The second-order valence-corrected chi connectivity index (χ2v) is 5.65. The molecule has 0 amide bonds. The second kappa shape index (κ2) is 4.50. The summed E-state index contributed by atoms with van der Waals surface area (Å²) in [5.74, 6) is 2.07. The van der Waals surface area contributed by atoms with E-state index in [1.807, 2.05) is 20.8 Å². The summed E-state index contributed by atoms with van der Waals surface area (Å²) in [6.45, 7) is 11.6. The number of aliphatic hydroxyl groups is 1. The van der Waals surface area contributed by atoms with Crippen LogP contribution in [0.3, 0.4) is 0 Å². The zero-order valence-electron chi connectivity index (χ0n) is 12.0. The molecule has 4 nitrogen and oxygen atoms in total. The lowest BCUT2D eigenvalue weighted by Gasteiger charge is -2.23. The monoisotopic (exact) mass is 249 g/mol. The Labute approximate surface area is 109 Å². The molecule has 0 aromatic carbocycles. The van der Waals surface area contributed by atoms with Gasteiger partial charge in [-0.1, -0.05) is 13.8 Å². The van der Waals surface area contributed by atoms with Gasteiger partial charge in [0.1, 0.15) is 11.6 Å². The Balaban J connectivity index is 2.40. The van der Waals surface area contributed by atoms with Crippen molar-refractivity contribution in [3.8, 4) is 0 Å². The van der Waals surface area contributed by atoms with Crippen LogP contribution in [0.5, 0.6) is 0 Å².